The quantitative estimate of drug-likeness (QED) is 0.278. The van der Waals surface area contributed by atoms with Crippen molar-refractivity contribution in [2.24, 2.45) is 0 Å². The highest BCUT2D eigenvalue weighted by molar-refractivity contribution is 5.87. The van der Waals surface area contributed by atoms with Crippen molar-refractivity contribution < 1.29 is 28.5 Å². The third-order valence-electron chi connectivity index (χ3n) is 4.30. The number of hydrogen-bond donors (Lipinski definition) is 1. The van der Waals surface area contributed by atoms with E-state index in [4.69, 9.17) is 18.9 Å². The van der Waals surface area contributed by atoms with E-state index in [1.165, 1.54) is 0 Å². The van der Waals surface area contributed by atoms with Gasteiger partial charge in [-0.3, -0.25) is 0 Å². The molecule has 0 atom stereocenters. The Hall–Kier alpha value is -3.84. The largest absolute Gasteiger partial charge is 0.460 e. The number of amides is 1. The van der Waals surface area contributed by atoms with Gasteiger partial charge in [0, 0.05) is 12.1 Å². The number of esters is 1. The SMILES string of the molecule is C=C(C)C(=O)OCCOCCNC(=O)Oc1ccc2cc(Oc3ccccc3)ccc2c1. The molecule has 7 nitrogen and oxygen atoms in total. The highest BCUT2D eigenvalue weighted by Gasteiger charge is 2.06. The van der Waals surface area contributed by atoms with Crippen molar-refractivity contribution in [3.8, 4) is 17.2 Å². The number of ether oxygens (including phenoxy) is 4. The van der Waals surface area contributed by atoms with Crippen molar-refractivity contribution in [3.63, 3.8) is 0 Å². The lowest BCUT2D eigenvalue weighted by atomic mass is 10.1. The van der Waals surface area contributed by atoms with E-state index in [1.54, 1.807) is 19.1 Å². The van der Waals surface area contributed by atoms with Gasteiger partial charge in [0.1, 0.15) is 23.9 Å². The van der Waals surface area contributed by atoms with E-state index in [-0.39, 0.29) is 26.4 Å². The van der Waals surface area contributed by atoms with Crippen molar-refractivity contribution in [3.05, 3.63) is 78.9 Å². The summed E-state index contributed by atoms with van der Waals surface area (Å²) in [6.45, 7) is 5.96. The van der Waals surface area contributed by atoms with Crippen molar-refractivity contribution >= 4 is 22.8 Å². The third kappa shape index (κ3) is 7.14. The smallest absolute Gasteiger partial charge is 0.412 e. The molecule has 0 spiro atoms. The number of carbonyl (C=O) groups excluding carboxylic acids is 2. The van der Waals surface area contributed by atoms with Crippen molar-refractivity contribution in [1.29, 1.82) is 0 Å². The summed E-state index contributed by atoms with van der Waals surface area (Å²) in [5.74, 6) is 1.47. The summed E-state index contributed by atoms with van der Waals surface area (Å²) in [6.07, 6.45) is -0.578. The lowest BCUT2D eigenvalue weighted by Gasteiger charge is -2.09. The van der Waals surface area contributed by atoms with Gasteiger partial charge in [-0.1, -0.05) is 36.9 Å². The number of fused-ring (bicyclic) bond motifs is 1. The van der Waals surface area contributed by atoms with E-state index in [2.05, 4.69) is 11.9 Å². The van der Waals surface area contributed by atoms with E-state index >= 15 is 0 Å². The second-order valence-corrected chi connectivity index (χ2v) is 6.93. The van der Waals surface area contributed by atoms with Crippen LogP contribution in [0.3, 0.4) is 0 Å². The van der Waals surface area contributed by atoms with Crippen molar-refractivity contribution in [2.45, 2.75) is 6.92 Å². The Balaban J connectivity index is 1.41. The Labute approximate surface area is 186 Å². The maximum absolute atomic E-state index is 12.0. The highest BCUT2D eigenvalue weighted by atomic mass is 16.6. The first-order valence-electron chi connectivity index (χ1n) is 10.1. The normalized spacial score (nSPS) is 10.4. The van der Waals surface area contributed by atoms with Crippen LogP contribution in [0.15, 0.2) is 78.9 Å². The number of benzene rings is 3. The summed E-state index contributed by atoms with van der Waals surface area (Å²) in [6, 6.07) is 20.6. The second kappa shape index (κ2) is 11.5. The minimum absolute atomic E-state index is 0.130. The van der Waals surface area contributed by atoms with Crippen LogP contribution in [0.5, 0.6) is 17.2 Å². The zero-order valence-electron chi connectivity index (χ0n) is 17.8. The molecule has 0 saturated carbocycles. The molecule has 0 bridgehead atoms. The average molecular weight is 435 g/mol. The van der Waals surface area contributed by atoms with E-state index in [1.807, 2.05) is 54.6 Å². The monoisotopic (exact) mass is 435 g/mol. The van der Waals surface area contributed by atoms with Gasteiger partial charge in [0.05, 0.1) is 13.2 Å². The first-order chi connectivity index (χ1) is 15.5. The summed E-state index contributed by atoms with van der Waals surface area (Å²) < 4.78 is 21.4. The molecule has 0 aliphatic rings. The van der Waals surface area contributed by atoms with Crippen LogP contribution in [0.25, 0.3) is 10.8 Å². The van der Waals surface area contributed by atoms with Crippen LogP contribution in [0.1, 0.15) is 6.92 Å². The Morgan fingerprint density at radius 3 is 2.25 bits per heavy atom. The maximum atomic E-state index is 12.0. The Morgan fingerprint density at radius 2 is 1.53 bits per heavy atom. The van der Waals surface area contributed by atoms with Gasteiger partial charge in [-0.15, -0.1) is 0 Å². The molecule has 1 amide bonds. The molecule has 0 fully saturated rings. The Morgan fingerprint density at radius 1 is 0.844 bits per heavy atom. The molecule has 166 valence electrons. The predicted octanol–water partition coefficient (Wildman–Crippen LogP) is 4.86. The predicted molar refractivity (Wildman–Crippen MR) is 121 cm³/mol. The van der Waals surface area contributed by atoms with Gasteiger partial charge in [0.25, 0.3) is 0 Å². The van der Waals surface area contributed by atoms with Crippen molar-refractivity contribution in [1.82, 2.24) is 5.32 Å². The molecule has 1 N–H and O–H groups in total. The summed E-state index contributed by atoms with van der Waals surface area (Å²) in [5, 5.41) is 4.49. The molecular weight excluding hydrogens is 410 g/mol. The molecule has 0 aliphatic heterocycles. The van der Waals surface area contributed by atoms with Gasteiger partial charge in [0.15, 0.2) is 0 Å². The molecule has 3 rings (SSSR count). The van der Waals surface area contributed by atoms with Crippen LogP contribution in [-0.4, -0.2) is 38.4 Å². The number of para-hydroxylation sites is 1. The summed E-state index contributed by atoms with van der Waals surface area (Å²) in [7, 11) is 0. The van der Waals surface area contributed by atoms with E-state index in [0.717, 1.165) is 22.3 Å². The molecule has 0 heterocycles. The molecule has 32 heavy (non-hydrogen) atoms. The Kier molecular flexibility index (Phi) is 8.22. The molecule has 0 unspecified atom stereocenters. The molecular formula is C25H25NO6. The van der Waals surface area contributed by atoms with E-state index in [9.17, 15) is 9.59 Å². The van der Waals surface area contributed by atoms with Gasteiger partial charge >= 0.3 is 12.1 Å². The van der Waals surface area contributed by atoms with Crippen LogP contribution in [0.4, 0.5) is 4.79 Å². The molecule has 0 aliphatic carbocycles. The first-order valence-corrected chi connectivity index (χ1v) is 10.1. The van der Waals surface area contributed by atoms with Gasteiger partial charge in [-0.05, 0) is 54.1 Å². The lowest BCUT2D eigenvalue weighted by Crippen LogP contribution is -2.30. The van der Waals surface area contributed by atoms with Gasteiger partial charge < -0.3 is 24.3 Å². The third-order valence-corrected chi connectivity index (χ3v) is 4.30. The number of carbonyl (C=O) groups is 2. The number of hydrogen-bond acceptors (Lipinski definition) is 6. The Bertz CT molecular complexity index is 1080. The fourth-order valence-corrected chi connectivity index (χ4v) is 2.74. The molecule has 0 radical (unpaired) electrons. The summed E-state index contributed by atoms with van der Waals surface area (Å²) in [5.41, 5.74) is 0.337. The summed E-state index contributed by atoms with van der Waals surface area (Å²) >= 11 is 0. The first kappa shape index (κ1) is 22.8. The molecule has 3 aromatic carbocycles. The lowest BCUT2D eigenvalue weighted by molar-refractivity contribution is -0.140. The highest BCUT2D eigenvalue weighted by Crippen LogP contribution is 2.28. The average Bonchev–Trinajstić information content (AvgIpc) is 2.79. The summed E-state index contributed by atoms with van der Waals surface area (Å²) in [4.78, 5) is 23.2. The second-order valence-electron chi connectivity index (χ2n) is 6.93. The van der Waals surface area contributed by atoms with Gasteiger partial charge in [0.2, 0.25) is 0 Å². The minimum Gasteiger partial charge on any atom is -0.460 e. The van der Waals surface area contributed by atoms with Crippen LogP contribution >= 0.6 is 0 Å². The maximum Gasteiger partial charge on any atom is 0.412 e. The zero-order valence-corrected chi connectivity index (χ0v) is 17.8. The van der Waals surface area contributed by atoms with Crippen molar-refractivity contribution in [2.75, 3.05) is 26.4 Å². The van der Waals surface area contributed by atoms with E-state index in [0.29, 0.717) is 11.3 Å². The van der Waals surface area contributed by atoms with Gasteiger partial charge in [-0.2, -0.15) is 0 Å². The standard InChI is InChI=1S/C25H25NO6/c1-18(2)24(27)30-15-14-29-13-12-26-25(28)32-23-11-9-19-16-22(10-8-20(19)17-23)31-21-6-4-3-5-7-21/h3-11,16-17H,1,12-15H2,2H3,(H,26,28). The molecule has 3 aromatic rings. The number of rotatable bonds is 10. The zero-order chi connectivity index (χ0) is 22.8. The van der Waals surface area contributed by atoms with Crippen LogP contribution in [0, 0.1) is 0 Å². The minimum atomic E-state index is -0.578. The van der Waals surface area contributed by atoms with Gasteiger partial charge in [-0.25, -0.2) is 9.59 Å². The fourth-order valence-electron chi connectivity index (χ4n) is 2.74. The van der Waals surface area contributed by atoms with Crippen LogP contribution in [0.2, 0.25) is 0 Å². The van der Waals surface area contributed by atoms with Crippen LogP contribution < -0.4 is 14.8 Å². The number of nitrogens with one attached hydrogen (secondary N) is 1. The van der Waals surface area contributed by atoms with Crippen LogP contribution in [-0.2, 0) is 14.3 Å². The molecule has 0 saturated heterocycles. The molecule has 0 aromatic heterocycles. The van der Waals surface area contributed by atoms with E-state index < -0.39 is 12.1 Å². The topological polar surface area (TPSA) is 83.1 Å². The fraction of sp³-hybridized carbons (Fsp3) is 0.200. The molecule has 7 heteroatoms.